The second kappa shape index (κ2) is 10.9. The summed E-state index contributed by atoms with van der Waals surface area (Å²) in [5, 5.41) is 20.2. The molecule has 0 atom stereocenters. The van der Waals surface area contributed by atoms with Gasteiger partial charge in [0.15, 0.2) is 0 Å². The third-order valence-electron chi connectivity index (χ3n) is 4.89. The standard InChI is InChI=1S/C24H17ClF3N3O4/c25-20-15-17(24(26,27)28)7-10-22(20)35-19-8-9-21(31(33)34)16(13-19)14-23(32)30(12-4-11-29)18-5-2-1-3-6-18/h1-3,5-10,13,15H,4,12,14H2. The molecular weight excluding hydrogens is 487 g/mol. The lowest BCUT2D eigenvalue weighted by Gasteiger charge is -2.22. The first kappa shape index (κ1) is 25.5. The summed E-state index contributed by atoms with van der Waals surface area (Å²) in [6.45, 7) is 0.0878. The molecule has 7 nitrogen and oxygen atoms in total. The molecular formula is C24H17ClF3N3O4. The lowest BCUT2D eigenvalue weighted by atomic mass is 10.1. The average molecular weight is 504 g/mol. The van der Waals surface area contributed by atoms with Crippen LogP contribution in [0.15, 0.2) is 66.7 Å². The fourth-order valence-electron chi connectivity index (χ4n) is 3.26. The summed E-state index contributed by atoms with van der Waals surface area (Å²) in [7, 11) is 0. The fourth-order valence-corrected chi connectivity index (χ4v) is 3.48. The molecule has 3 aromatic carbocycles. The zero-order chi connectivity index (χ0) is 25.6. The van der Waals surface area contributed by atoms with Crippen LogP contribution in [0.1, 0.15) is 17.5 Å². The van der Waals surface area contributed by atoms with Crippen LogP contribution in [0.3, 0.4) is 0 Å². The number of alkyl halides is 3. The number of nitrogens with zero attached hydrogens (tertiary/aromatic N) is 3. The first-order valence-corrected chi connectivity index (χ1v) is 10.5. The number of carbonyl (C=O) groups excluding carboxylic acids is 1. The molecule has 0 N–H and O–H groups in total. The molecule has 35 heavy (non-hydrogen) atoms. The summed E-state index contributed by atoms with van der Waals surface area (Å²) < 4.78 is 44.2. The van der Waals surface area contributed by atoms with Crippen LogP contribution in [0.4, 0.5) is 24.5 Å². The molecule has 11 heteroatoms. The van der Waals surface area contributed by atoms with Crippen molar-refractivity contribution in [3.8, 4) is 17.6 Å². The average Bonchev–Trinajstić information content (AvgIpc) is 2.80. The Labute approximate surface area is 203 Å². The minimum absolute atomic E-state index is 0.0263. The van der Waals surface area contributed by atoms with Crippen molar-refractivity contribution in [2.24, 2.45) is 0 Å². The summed E-state index contributed by atoms with van der Waals surface area (Å²) >= 11 is 5.93. The normalized spacial score (nSPS) is 10.9. The SMILES string of the molecule is N#CCCN(C(=O)Cc1cc(Oc2ccc(C(F)(F)F)cc2Cl)ccc1[N+](=O)[O-])c1ccccc1. The van der Waals surface area contributed by atoms with E-state index in [-0.39, 0.29) is 47.2 Å². The number of carbonyl (C=O) groups is 1. The molecule has 1 amide bonds. The Morgan fingerprint density at radius 1 is 1.11 bits per heavy atom. The van der Waals surface area contributed by atoms with Gasteiger partial charge in [-0.1, -0.05) is 29.8 Å². The zero-order valence-electron chi connectivity index (χ0n) is 18.0. The van der Waals surface area contributed by atoms with E-state index in [1.165, 1.54) is 17.0 Å². The number of benzene rings is 3. The van der Waals surface area contributed by atoms with Gasteiger partial charge in [0.05, 0.1) is 34.4 Å². The van der Waals surface area contributed by atoms with E-state index in [9.17, 15) is 28.1 Å². The number of rotatable bonds is 8. The molecule has 0 heterocycles. The van der Waals surface area contributed by atoms with Crippen molar-refractivity contribution in [2.45, 2.75) is 19.0 Å². The zero-order valence-corrected chi connectivity index (χ0v) is 18.7. The highest BCUT2D eigenvalue weighted by Gasteiger charge is 2.31. The quantitative estimate of drug-likeness (QED) is 0.256. The van der Waals surface area contributed by atoms with Crippen LogP contribution >= 0.6 is 11.6 Å². The van der Waals surface area contributed by atoms with Gasteiger partial charge in [-0.15, -0.1) is 0 Å². The molecule has 180 valence electrons. The Morgan fingerprint density at radius 2 is 1.83 bits per heavy atom. The van der Waals surface area contributed by atoms with Crippen LogP contribution in [0.5, 0.6) is 11.5 Å². The second-order valence-corrected chi connectivity index (χ2v) is 7.67. The molecule has 0 aliphatic carbocycles. The van der Waals surface area contributed by atoms with E-state index in [0.29, 0.717) is 11.8 Å². The fraction of sp³-hybridized carbons (Fsp3) is 0.167. The molecule has 0 aliphatic heterocycles. The number of nitro groups is 1. The Hall–Kier alpha value is -4.10. The van der Waals surface area contributed by atoms with E-state index in [1.54, 1.807) is 30.3 Å². The molecule has 0 saturated carbocycles. The van der Waals surface area contributed by atoms with Gasteiger partial charge in [0.2, 0.25) is 5.91 Å². The van der Waals surface area contributed by atoms with Gasteiger partial charge in [0, 0.05) is 23.9 Å². The molecule has 0 unspecified atom stereocenters. The van der Waals surface area contributed by atoms with Crippen molar-refractivity contribution in [3.63, 3.8) is 0 Å². The van der Waals surface area contributed by atoms with Crippen molar-refractivity contribution in [3.05, 3.63) is 93.0 Å². The summed E-state index contributed by atoms with van der Waals surface area (Å²) in [4.78, 5) is 25.3. The van der Waals surface area contributed by atoms with Gasteiger partial charge in [-0.05, 0) is 42.5 Å². The number of ether oxygens (including phenoxy) is 1. The lowest BCUT2D eigenvalue weighted by Crippen LogP contribution is -2.33. The molecule has 0 aliphatic rings. The van der Waals surface area contributed by atoms with Crippen LogP contribution in [0.2, 0.25) is 5.02 Å². The van der Waals surface area contributed by atoms with Crippen LogP contribution in [-0.2, 0) is 17.4 Å². The van der Waals surface area contributed by atoms with Gasteiger partial charge < -0.3 is 9.64 Å². The first-order chi connectivity index (χ1) is 16.6. The maximum atomic E-state index is 13.1. The van der Waals surface area contributed by atoms with Crippen molar-refractivity contribution in [1.29, 1.82) is 5.26 Å². The molecule has 0 aromatic heterocycles. The number of halogens is 4. The third-order valence-corrected chi connectivity index (χ3v) is 5.19. The van der Waals surface area contributed by atoms with Crippen LogP contribution in [0.25, 0.3) is 0 Å². The topological polar surface area (TPSA) is 96.5 Å². The summed E-state index contributed by atoms with van der Waals surface area (Å²) in [5.74, 6) is -0.534. The van der Waals surface area contributed by atoms with Crippen LogP contribution in [0, 0.1) is 21.4 Å². The number of hydrogen-bond donors (Lipinski definition) is 0. The van der Waals surface area contributed by atoms with Gasteiger partial charge in [-0.3, -0.25) is 14.9 Å². The lowest BCUT2D eigenvalue weighted by molar-refractivity contribution is -0.385. The molecule has 3 rings (SSSR count). The second-order valence-electron chi connectivity index (χ2n) is 7.26. The van der Waals surface area contributed by atoms with Crippen LogP contribution < -0.4 is 9.64 Å². The number of nitriles is 1. The first-order valence-electron chi connectivity index (χ1n) is 10.1. The van der Waals surface area contributed by atoms with E-state index in [1.807, 2.05) is 6.07 Å². The van der Waals surface area contributed by atoms with Crippen molar-refractivity contribution >= 4 is 28.9 Å². The Morgan fingerprint density at radius 3 is 2.43 bits per heavy atom. The van der Waals surface area contributed by atoms with Gasteiger partial charge in [-0.2, -0.15) is 18.4 Å². The van der Waals surface area contributed by atoms with Gasteiger partial charge in [0.1, 0.15) is 11.5 Å². The predicted molar refractivity (Wildman–Crippen MR) is 122 cm³/mol. The molecule has 0 radical (unpaired) electrons. The monoisotopic (exact) mass is 503 g/mol. The number of nitro benzene ring substituents is 1. The van der Waals surface area contributed by atoms with E-state index in [2.05, 4.69) is 0 Å². The van der Waals surface area contributed by atoms with Crippen LogP contribution in [-0.4, -0.2) is 17.4 Å². The van der Waals surface area contributed by atoms with Gasteiger partial charge >= 0.3 is 6.18 Å². The maximum Gasteiger partial charge on any atom is 0.416 e. The number of hydrogen-bond acceptors (Lipinski definition) is 5. The Balaban J connectivity index is 1.90. The predicted octanol–water partition coefficient (Wildman–Crippen LogP) is 6.55. The molecule has 3 aromatic rings. The van der Waals surface area contributed by atoms with E-state index < -0.39 is 22.6 Å². The van der Waals surface area contributed by atoms with Crippen molar-refractivity contribution in [2.75, 3.05) is 11.4 Å². The highest BCUT2D eigenvalue weighted by molar-refractivity contribution is 6.32. The van der Waals surface area contributed by atoms with Crippen molar-refractivity contribution in [1.82, 2.24) is 0 Å². The molecule has 0 bridgehead atoms. The largest absolute Gasteiger partial charge is 0.456 e. The van der Waals surface area contributed by atoms with E-state index >= 15 is 0 Å². The van der Waals surface area contributed by atoms with Crippen molar-refractivity contribution < 1.29 is 27.6 Å². The number of anilines is 1. The smallest absolute Gasteiger partial charge is 0.416 e. The summed E-state index contributed by atoms with van der Waals surface area (Å²) in [5.41, 5.74) is -0.738. The highest BCUT2D eigenvalue weighted by Crippen LogP contribution is 2.37. The van der Waals surface area contributed by atoms with Gasteiger partial charge in [-0.25, -0.2) is 0 Å². The molecule has 0 saturated heterocycles. The maximum absolute atomic E-state index is 13.1. The molecule has 0 fully saturated rings. The molecule has 0 spiro atoms. The number of para-hydroxylation sites is 1. The minimum Gasteiger partial charge on any atom is -0.456 e. The van der Waals surface area contributed by atoms with E-state index in [0.717, 1.165) is 18.2 Å². The summed E-state index contributed by atoms with van der Waals surface area (Å²) in [6, 6.07) is 16.7. The Bertz CT molecular complexity index is 1280. The van der Waals surface area contributed by atoms with Gasteiger partial charge in [0.25, 0.3) is 5.69 Å². The number of amides is 1. The Kier molecular flexibility index (Phi) is 7.94. The minimum atomic E-state index is -4.58. The highest BCUT2D eigenvalue weighted by atomic mass is 35.5. The third kappa shape index (κ3) is 6.49. The summed E-state index contributed by atoms with van der Waals surface area (Å²) in [6.07, 6.45) is -4.91. The van der Waals surface area contributed by atoms with E-state index in [4.69, 9.17) is 21.6 Å².